The van der Waals surface area contributed by atoms with Crippen LogP contribution in [0.3, 0.4) is 0 Å². The molecule has 1 fully saturated rings. The lowest BCUT2D eigenvalue weighted by Crippen LogP contribution is -2.37. The van der Waals surface area contributed by atoms with Crippen LogP contribution in [0.15, 0.2) is 35.0 Å². The molecule has 1 amide bonds. The Morgan fingerprint density at radius 3 is 2.72 bits per heavy atom. The zero-order valence-electron chi connectivity index (χ0n) is 21.1. The summed E-state index contributed by atoms with van der Waals surface area (Å²) in [6.07, 6.45) is 5.52. The third kappa shape index (κ3) is 5.15. The molecule has 3 N–H and O–H groups in total. The Bertz CT molecular complexity index is 1660. The summed E-state index contributed by atoms with van der Waals surface area (Å²) in [6, 6.07) is 3.54. The average Bonchev–Trinajstić information content (AvgIpc) is 3.57. The highest BCUT2D eigenvalue weighted by Crippen LogP contribution is 2.31. The summed E-state index contributed by atoms with van der Waals surface area (Å²) < 4.78 is 7.33. The molecule has 5 heterocycles. The number of thiazole rings is 2. The minimum Gasteiger partial charge on any atom is -0.476 e. The monoisotopic (exact) mass is 566 g/mol. The second kappa shape index (κ2) is 11.4. The lowest BCUT2D eigenvalue weighted by molar-refractivity contribution is 0.0691. The van der Waals surface area contributed by atoms with Gasteiger partial charge in [0.25, 0.3) is 5.91 Å². The second-order valence-electron chi connectivity index (χ2n) is 8.57. The van der Waals surface area contributed by atoms with Crippen molar-refractivity contribution in [1.29, 1.82) is 0 Å². The summed E-state index contributed by atoms with van der Waals surface area (Å²) >= 11 is 2.47. The Balaban J connectivity index is 1.51. The Hall–Kier alpha value is -4.07. The molecule has 5 rings (SSSR count). The number of pyridine rings is 2. The van der Waals surface area contributed by atoms with Gasteiger partial charge >= 0.3 is 5.97 Å². The third-order valence-corrected chi connectivity index (χ3v) is 8.12. The van der Waals surface area contributed by atoms with Crippen molar-refractivity contribution in [3.8, 4) is 0 Å². The van der Waals surface area contributed by atoms with Crippen LogP contribution < -0.4 is 21.0 Å². The van der Waals surface area contributed by atoms with Crippen LogP contribution in [0.25, 0.3) is 28.0 Å². The molecule has 0 aromatic carbocycles. The standard InChI is InChI=1S/C26H26N6O5S2/c1-3-5-17-18(4-2)39-24-20(23(34)27-8-9-28-26-29-16(14-38-26)25(35)36)21(33)15-6-7-19(30-22(15)32(17)24)31-10-12-37-13-11-31/h3-7,14H,2,8-13H2,1H3,(H,27,34)(H,28,29)(H,35,36)/b5-3-. The molecule has 11 nitrogen and oxygen atoms in total. The molecule has 0 aliphatic carbocycles. The lowest BCUT2D eigenvalue weighted by Gasteiger charge is -2.28. The van der Waals surface area contributed by atoms with E-state index < -0.39 is 17.3 Å². The predicted molar refractivity (Wildman–Crippen MR) is 155 cm³/mol. The van der Waals surface area contributed by atoms with Gasteiger partial charge in [0, 0.05) is 31.6 Å². The van der Waals surface area contributed by atoms with E-state index in [0.29, 0.717) is 53.8 Å². The van der Waals surface area contributed by atoms with Gasteiger partial charge in [-0.05, 0) is 31.2 Å². The maximum absolute atomic E-state index is 13.7. The van der Waals surface area contributed by atoms with Gasteiger partial charge in [0.1, 0.15) is 16.2 Å². The normalized spacial score (nSPS) is 13.8. The number of carbonyl (C=O) groups excluding carboxylic acids is 1. The van der Waals surface area contributed by atoms with E-state index in [1.165, 1.54) is 16.7 Å². The van der Waals surface area contributed by atoms with Crippen molar-refractivity contribution in [1.82, 2.24) is 19.7 Å². The number of aromatic nitrogens is 3. The van der Waals surface area contributed by atoms with Gasteiger partial charge in [-0.3, -0.25) is 14.0 Å². The van der Waals surface area contributed by atoms with Crippen LogP contribution in [0.2, 0.25) is 0 Å². The molecule has 0 spiro atoms. The summed E-state index contributed by atoms with van der Waals surface area (Å²) in [5, 5.41) is 17.0. The number of anilines is 2. The van der Waals surface area contributed by atoms with Crippen molar-refractivity contribution >= 4 is 73.5 Å². The number of nitrogens with zero attached hydrogens (tertiary/aromatic N) is 4. The summed E-state index contributed by atoms with van der Waals surface area (Å²) in [4.78, 5) is 50.4. The van der Waals surface area contributed by atoms with Gasteiger partial charge in [-0.25, -0.2) is 14.8 Å². The van der Waals surface area contributed by atoms with E-state index in [1.54, 1.807) is 12.1 Å². The molecule has 0 atom stereocenters. The first-order chi connectivity index (χ1) is 18.9. The predicted octanol–water partition coefficient (Wildman–Crippen LogP) is 3.42. The molecule has 1 aliphatic rings. The average molecular weight is 567 g/mol. The molecule has 4 aromatic rings. The molecular formula is C26H26N6O5S2. The fraction of sp³-hybridized carbons (Fsp3) is 0.269. The topological polar surface area (TPSA) is 138 Å². The van der Waals surface area contributed by atoms with Gasteiger partial charge in [0.2, 0.25) is 5.43 Å². The molecular weight excluding hydrogens is 540 g/mol. The summed E-state index contributed by atoms with van der Waals surface area (Å²) in [5.41, 5.74) is 0.864. The minimum absolute atomic E-state index is 0.0367. The van der Waals surface area contributed by atoms with Crippen molar-refractivity contribution in [3.63, 3.8) is 0 Å². The molecule has 202 valence electrons. The van der Waals surface area contributed by atoms with Crippen molar-refractivity contribution in [2.45, 2.75) is 6.92 Å². The highest BCUT2D eigenvalue weighted by Gasteiger charge is 2.24. The Morgan fingerprint density at radius 2 is 2.03 bits per heavy atom. The van der Waals surface area contributed by atoms with Crippen molar-refractivity contribution < 1.29 is 19.4 Å². The quantitative estimate of drug-likeness (QED) is 0.260. The van der Waals surface area contributed by atoms with E-state index >= 15 is 0 Å². The maximum atomic E-state index is 13.7. The van der Waals surface area contributed by atoms with E-state index in [2.05, 4.69) is 27.1 Å². The van der Waals surface area contributed by atoms with E-state index in [1.807, 2.05) is 29.5 Å². The van der Waals surface area contributed by atoms with Gasteiger partial charge in [0.05, 0.1) is 29.2 Å². The first kappa shape index (κ1) is 26.5. The van der Waals surface area contributed by atoms with Crippen LogP contribution in [0.1, 0.15) is 38.3 Å². The first-order valence-corrected chi connectivity index (χ1v) is 13.9. The minimum atomic E-state index is -1.10. The van der Waals surface area contributed by atoms with Gasteiger partial charge in [-0.2, -0.15) is 0 Å². The second-order valence-corrected chi connectivity index (χ2v) is 10.5. The van der Waals surface area contributed by atoms with Gasteiger partial charge in [-0.15, -0.1) is 22.7 Å². The van der Waals surface area contributed by atoms with Crippen LogP contribution in [-0.2, 0) is 4.74 Å². The zero-order valence-corrected chi connectivity index (χ0v) is 22.7. The van der Waals surface area contributed by atoms with Crippen LogP contribution in [0.5, 0.6) is 0 Å². The number of hydrogen-bond acceptors (Lipinski definition) is 10. The molecule has 1 aliphatic heterocycles. The van der Waals surface area contributed by atoms with Crippen LogP contribution in [-0.4, -0.2) is 70.7 Å². The van der Waals surface area contributed by atoms with Crippen molar-refractivity contribution in [2.24, 2.45) is 0 Å². The molecule has 0 unspecified atom stereocenters. The van der Waals surface area contributed by atoms with Crippen molar-refractivity contribution in [2.75, 3.05) is 49.6 Å². The number of amides is 1. The lowest BCUT2D eigenvalue weighted by atomic mass is 10.1. The third-order valence-electron chi connectivity index (χ3n) is 6.14. The number of ether oxygens (including phenoxy) is 1. The molecule has 0 saturated carbocycles. The first-order valence-electron chi connectivity index (χ1n) is 12.2. The number of morpholine rings is 1. The van der Waals surface area contributed by atoms with Gasteiger partial charge in [-0.1, -0.05) is 12.7 Å². The number of carbonyl (C=O) groups is 2. The number of carboxylic acid groups (broad SMARTS) is 1. The number of nitrogens with one attached hydrogen (secondary N) is 2. The highest BCUT2D eigenvalue weighted by atomic mass is 32.1. The number of rotatable bonds is 9. The Morgan fingerprint density at radius 1 is 1.23 bits per heavy atom. The fourth-order valence-electron chi connectivity index (χ4n) is 4.33. The van der Waals surface area contributed by atoms with E-state index in [-0.39, 0.29) is 17.8 Å². The molecule has 0 bridgehead atoms. The Labute approximate surface area is 231 Å². The zero-order chi connectivity index (χ0) is 27.5. The van der Waals surface area contributed by atoms with Crippen LogP contribution in [0, 0.1) is 0 Å². The van der Waals surface area contributed by atoms with E-state index in [9.17, 15) is 14.4 Å². The summed E-state index contributed by atoms with van der Waals surface area (Å²) in [7, 11) is 0. The summed E-state index contributed by atoms with van der Waals surface area (Å²) in [5.74, 6) is -0.868. The highest BCUT2D eigenvalue weighted by molar-refractivity contribution is 7.19. The molecule has 13 heteroatoms. The molecule has 39 heavy (non-hydrogen) atoms. The largest absolute Gasteiger partial charge is 0.476 e. The number of carboxylic acids is 1. The maximum Gasteiger partial charge on any atom is 0.355 e. The number of hydrogen-bond donors (Lipinski definition) is 3. The van der Waals surface area contributed by atoms with Crippen LogP contribution >= 0.6 is 22.7 Å². The van der Waals surface area contributed by atoms with Gasteiger partial charge < -0.3 is 25.4 Å². The smallest absolute Gasteiger partial charge is 0.355 e. The van der Waals surface area contributed by atoms with Gasteiger partial charge in [0.15, 0.2) is 16.5 Å². The summed E-state index contributed by atoms with van der Waals surface area (Å²) in [6.45, 7) is 8.94. The van der Waals surface area contributed by atoms with E-state index in [0.717, 1.165) is 27.7 Å². The molecule has 1 saturated heterocycles. The number of aromatic carboxylic acids is 1. The molecule has 0 radical (unpaired) electrons. The SMILES string of the molecule is C=Cc1sc2c(C(=O)NCCNc3nc(C(=O)O)cs3)c(=O)c3ccc(N4CCOCC4)nc3n2c1/C=C\C. The van der Waals surface area contributed by atoms with Crippen molar-refractivity contribution in [3.05, 3.63) is 62.2 Å². The van der Waals surface area contributed by atoms with Crippen LogP contribution in [0.4, 0.5) is 10.9 Å². The molecule has 4 aromatic heterocycles. The Kier molecular flexibility index (Phi) is 7.72. The van der Waals surface area contributed by atoms with E-state index in [4.69, 9.17) is 14.8 Å². The fourth-order valence-corrected chi connectivity index (χ4v) is 6.16. The number of fused-ring (bicyclic) bond motifs is 3. The number of allylic oxidation sites excluding steroid dienone is 1.